The molecule has 0 saturated heterocycles. The largest absolute Gasteiger partial charge is 0.465 e. The maximum absolute atomic E-state index is 12.1. The van der Waals surface area contributed by atoms with E-state index in [1.807, 2.05) is 0 Å². The zero-order valence-corrected chi connectivity index (χ0v) is 15.9. The van der Waals surface area contributed by atoms with Crippen molar-refractivity contribution in [3.63, 3.8) is 0 Å². The molecular formula is C20H20N2O7. The monoisotopic (exact) mass is 400 g/mol. The minimum Gasteiger partial charge on any atom is -0.465 e. The summed E-state index contributed by atoms with van der Waals surface area (Å²) in [5.41, 5.74) is -0.282. The highest BCUT2D eigenvalue weighted by Gasteiger charge is 2.27. The molecule has 0 bridgehead atoms. The molecule has 3 rings (SSSR count). The molecule has 1 atom stereocenters. The minimum atomic E-state index is -1.43. The number of ether oxygens (including phenoxy) is 3. The van der Waals surface area contributed by atoms with Crippen LogP contribution in [0.5, 0.6) is 11.5 Å². The van der Waals surface area contributed by atoms with Crippen LogP contribution in [0.15, 0.2) is 42.5 Å². The molecule has 9 nitrogen and oxygen atoms in total. The van der Waals surface area contributed by atoms with Gasteiger partial charge in [-0.3, -0.25) is 9.59 Å². The lowest BCUT2D eigenvalue weighted by atomic mass is 9.95. The van der Waals surface area contributed by atoms with Gasteiger partial charge in [-0.2, -0.15) is 0 Å². The van der Waals surface area contributed by atoms with Crippen molar-refractivity contribution in [1.29, 1.82) is 0 Å². The van der Waals surface area contributed by atoms with Gasteiger partial charge in [0.2, 0.25) is 6.79 Å². The zero-order valence-electron chi connectivity index (χ0n) is 15.9. The second-order valence-corrected chi connectivity index (χ2v) is 6.55. The average Bonchev–Trinajstić information content (AvgIpc) is 3.20. The van der Waals surface area contributed by atoms with E-state index in [-0.39, 0.29) is 13.3 Å². The predicted molar refractivity (Wildman–Crippen MR) is 102 cm³/mol. The van der Waals surface area contributed by atoms with Crippen LogP contribution in [0.25, 0.3) is 0 Å². The summed E-state index contributed by atoms with van der Waals surface area (Å²) in [4.78, 5) is 35.5. The number of benzene rings is 2. The van der Waals surface area contributed by atoms with Gasteiger partial charge in [-0.1, -0.05) is 6.07 Å². The molecule has 2 aromatic rings. The summed E-state index contributed by atoms with van der Waals surface area (Å²) in [6.07, 6.45) is 0. The van der Waals surface area contributed by atoms with Crippen LogP contribution >= 0.6 is 0 Å². The summed E-state index contributed by atoms with van der Waals surface area (Å²) >= 11 is 0. The summed E-state index contributed by atoms with van der Waals surface area (Å²) < 4.78 is 15.1. The van der Waals surface area contributed by atoms with Crippen molar-refractivity contribution in [3.8, 4) is 11.5 Å². The van der Waals surface area contributed by atoms with Crippen molar-refractivity contribution in [3.05, 3.63) is 53.6 Å². The van der Waals surface area contributed by atoms with Gasteiger partial charge in [-0.05, 0) is 48.9 Å². The quantitative estimate of drug-likeness (QED) is 0.508. The number of esters is 1. The molecule has 1 unspecified atom stereocenters. The number of carbonyl (C=O) groups excluding carboxylic acids is 3. The molecule has 3 N–H and O–H groups in total. The summed E-state index contributed by atoms with van der Waals surface area (Å²) in [7, 11) is 1.26. The normalized spacial score (nSPS) is 13.9. The predicted octanol–water partition coefficient (Wildman–Crippen LogP) is 1.16. The molecule has 0 fully saturated rings. The van der Waals surface area contributed by atoms with Gasteiger partial charge in [-0.25, -0.2) is 4.79 Å². The molecule has 2 aromatic carbocycles. The Bertz CT molecular complexity index is 938. The maximum Gasteiger partial charge on any atom is 0.337 e. The number of nitrogens with one attached hydrogen (secondary N) is 2. The summed E-state index contributed by atoms with van der Waals surface area (Å²) in [5.74, 6) is -1.25. The molecule has 2 amide bonds. The van der Waals surface area contributed by atoms with Gasteiger partial charge in [0.1, 0.15) is 5.60 Å². The van der Waals surface area contributed by atoms with Gasteiger partial charge in [0, 0.05) is 5.69 Å². The third kappa shape index (κ3) is 4.64. The van der Waals surface area contributed by atoms with Crippen molar-refractivity contribution < 1.29 is 33.7 Å². The van der Waals surface area contributed by atoms with Crippen LogP contribution in [-0.2, 0) is 19.9 Å². The fourth-order valence-corrected chi connectivity index (χ4v) is 2.66. The van der Waals surface area contributed by atoms with E-state index in [2.05, 4.69) is 15.4 Å². The molecule has 9 heteroatoms. The standard InChI is InChI=1S/C20H20N2O7/c1-20(26,13-5-8-15-16(9-13)29-11-28-15)10-21-17(23)18(24)22-14-6-3-12(4-7-14)19(25)27-2/h3-9,26H,10-11H2,1-2H3,(H,21,23)(H,22,24). The third-order valence-corrected chi connectivity index (χ3v) is 4.36. The van der Waals surface area contributed by atoms with E-state index in [1.54, 1.807) is 18.2 Å². The van der Waals surface area contributed by atoms with E-state index in [0.717, 1.165) is 0 Å². The van der Waals surface area contributed by atoms with Crippen molar-refractivity contribution in [2.24, 2.45) is 0 Å². The first-order chi connectivity index (χ1) is 13.8. The lowest BCUT2D eigenvalue weighted by Gasteiger charge is -2.24. The molecule has 0 radical (unpaired) electrons. The van der Waals surface area contributed by atoms with E-state index >= 15 is 0 Å². The molecular weight excluding hydrogens is 380 g/mol. The summed E-state index contributed by atoms with van der Waals surface area (Å²) in [6.45, 7) is 1.42. The molecule has 1 aliphatic heterocycles. The lowest BCUT2D eigenvalue weighted by molar-refractivity contribution is -0.136. The first kappa shape index (κ1) is 20.2. The fourth-order valence-electron chi connectivity index (χ4n) is 2.66. The van der Waals surface area contributed by atoms with Gasteiger partial charge >= 0.3 is 17.8 Å². The molecule has 152 valence electrons. The number of anilines is 1. The number of hydrogen-bond acceptors (Lipinski definition) is 7. The van der Waals surface area contributed by atoms with E-state index in [4.69, 9.17) is 9.47 Å². The Morgan fingerprint density at radius 1 is 1.07 bits per heavy atom. The van der Waals surface area contributed by atoms with Crippen molar-refractivity contribution in [2.75, 3.05) is 25.8 Å². The Hall–Kier alpha value is -3.59. The van der Waals surface area contributed by atoms with Crippen LogP contribution in [0.1, 0.15) is 22.8 Å². The molecule has 0 aliphatic carbocycles. The number of amides is 2. The Kier molecular flexibility index (Phi) is 5.69. The van der Waals surface area contributed by atoms with Crippen LogP contribution in [0.2, 0.25) is 0 Å². The Morgan fingerprint density at radius 3 is 2.45 bits per heavy atom. The van der Waals surface area contributed by atoms with Crippen LogP contribution in [-0.4, -0.2) is 43.3 Å². The number of methoxy groups -OCH3 is 1. The van der Waals surface area contributed by atoms with Crippen molar-refractivity contribution in [1.82, 2.24) is 5.32 Å². The van der Waals surface area contributed by atoms with E-state index in [1.165, 1.54) is 38.3 Å². The number of hydrogen-bond donors (Lipinski definition) is 3. The Morgan fingerprint density at radius 2 is 1.76 bits per heavy atom. The smallest absolute Gasteiger partial charge is 0.337 e. The summed E-state index contributed by atoms with van der Waals surface area (Å²) in [6, 6.07) is 10.8. The lowest BCUT2D eigenvalue weighted by Crippen LogP contribution is -2.43. The molecule has 0 spiro atoms. The number of carbonyl (C=O) groups is 3. The average molecular weight is 400 g/mol. The van der Waals surface area contributed by atoms with Gasteiger partial charge in [0.05, 0.1) is 19.2 Å². The maximum atomic E-state index is 12.1. The number of rotatable bonds is 5. The number of aliphatic hydroxyl groups is 1. The highest BCUT2D eigenvalue weighted by atomic mass is 16.7. The summed E-state index contributed by atoms with van der Waals surface area (Å²) in [5, 5.41) is 15.5. The Balaban J connectivity index is 1.56. The van der Waals surface area contributed by atoms with Crippen LogP contribution in [0.3, 0.4) is 0 Å². The third-order valence-electron chi connectivity index (χ3n) is 4.36. The zero-order chi connectivity index (χ0) is 21.0. The minimum absolute atomic E-state index is 0.110. The van der Waals surface area contributed by atoms with Crippen molar-refractivity contribution >= 4 is 23.5 Å². The van der Waals surface area contributed by atoms with Crippen LogP contribution < -0.4 is 20.1 Å². The number of fused-ring (bicyclic) bond motifs is 1. The van der Waals surface area contributed by atoms with Crippen LogP contribution in [0, 0.1) is 0 Å². The molecule has 1 aliphatic rings. The Labute approximate surface area is 166 Å². The van der Waals surface area contributed by atoms with Gasteiger partial charge in [0.15, 0.2) is 11.5 Å². The molecule has 1 heterocycles. The van der Waals surface area contributed by atoms with Gasteiger partial charge in [-0.15, -0.1) is 0 Å². The first-order valence-corrected chi connectivity index (χ1v) is 8.70. The van der Waals surface area contributed by atoms with Crippen LogP contribution in [0.4, 0.5) is 5.69 Å². The molecule has 29 heavy (non-hydrogen) atoms. The highest BCUT2D eigenvalue weighted by Crippen LogP contribution is 2.35. The molecule has 0 aromatic heterocycles. The van der Waals surface area contributed by atoms with Gasteiger partial charge < -0.3 is 30.0 Å². The molecule has 0 saturated carbocycles. The second kappa shape index (κ2) is 8.19. The van der Waals surface area contributed by atoms with E-state index in [9.17, 15) is 19.5 Å². The highest BCUT2D eigenvalue weighted by molar-refractivity contribution is 6.39. The van der Waals surface area contributed by atoms with Crippen molar-refractivity contribution in [2.45, 2.75) is 12.5 Å². The second-order valence-electron chi connectivity index (χ2n) is 6.55. The fraction of sp³-hybridized carbons (Fsp3) is 0.250. The van der Waals surface area contributed by atoms with Gasteiger partial charge in [0.25, 0.3) is 0 Å². The SMILES string of the molecule is COC(=O)c1ccc(NC(=O)C(=O)NCC(C)(O)c2ccc3c(c2)OCO3)cc1. The van der Waals surface area contributed by atoms with E-state index < -0.39 is 23.4 Å². The first-order valence-electron chi connectivity index (χ1n) is 8.70. The van der Waals surface area contributed by atoms with E-state index in [0.29, 0.717) is 28.3 Å². The topological polar surface area (TPSA) is 123 Å².